The second-order valence-electron chi connectivity index (χ2n) is 10.8. The summed E-state index contributed by atoms with van der Waals surface area (Å²) in [6.45, 7) is 4.31. The average molecular weight is 551 g/mol. The van der Waals surface area contributed by atoms with Crippen LogP contribution in [0.4, 0.5) is 0 Å². The van der Waals surface area contributed by atoms with Crippen LogP contribution in [0.5, 0.6) is 5.75 Å². The molecule has 0 spiro atoms. The maximum Gasteiger partial charge on any atom is 0.246 e. The molecule has 0 aromatic heterocycles. The van der Waals surface area contributed by atoms with E-state index in [1.165, 1.54) is 24.4 Å². The third-order valence-electron chi connectivity index (χ3n) is 7.82. The minimum absolute atomic E-state index is 0.0889. The molecular formula is C31H42N4O5. The molecule has 5 atom stereocenters. The van der Waals surface area contributed by atoms with Gasteiger partial charge in [-0.3, -0.25) is 14.4 Å². The molecule has 2 aliphatic rings. The van der Waals surface area contributed by atoms with Crippen molar-refractivity contribution in [3.63, 3.8) is 0 Å². The van der Waals surface area contributed by atoms with E-state index in [1.54, 1.807) is 0 Å². The number of nitrogens with zero attached hydrogens (tertiary/aromatic N) is 1. The molecule has 2 bridgehead atoms. The van der Waals surface area contributed by atoms with Gasteiger partial charge in [0, 0.05) is 26.6 Å². The Morgan fingerprint density at radius 2 is 1.73 bits per heavy atom. The summed E-state index contributed by atoms with van der Waals surface area (Å²) >= 11 is 0. The first kappa shape index (κ1) is 29.6. The van der Waals surface area contributed by atoms with Gasteiger partial charge in [-0.05, 0) is 55.7 Å². The van der Waals surface area contributed by atoms with Crippen LogP contribution in [0.3, 0.4) is 0 Å². The van der Waals surface area contributed by atoms with Crippen LogP contribution in [0, 0.1) is 0 Å². The second-order valence-corrected chi connectivity index (χ2v) is 10.8. The van der Waals surface area contributed by atoms with Crippen LogP contribution in [0.15, 0.2) is 48.5 Å². The lowest BCUT2D eigenvalue weighted by molar-refractivity contribution is -0.145. The van der Waals surface area contributed by atoms with Gasteiger partial charge in [-0.2, -0.15) is 0 Å². The quantitative estimate of drug-likeness (QED) is 0.461. The summed E-state index contributed by atoms with van der Waals surface area (Å²) in [7, 11) is 1.52. The fraction of sp³-hybridized carbons (Fsp3) is 0.516. The summed E-state index contributed by atoms with van der Waals surface area (Å²) < 4.78 is 6.42. The maximum atomic E-state index is 13.5. The Kier molecular flexibility index (Phi) is 10.2. The monoisotopic (exact) mass is 550 g/mol. The van der Waals surface area contributed by atoms with E-state index in [9.17, 15) is 19.5 Å². The molecule has 0 radical (unpaired) electrons. The molecule has 40 heavy (non-hydrogen) atoms. The zero-order chi connectivity index (χ0) is 28.6. The van der Waals surface area contributed by atoms with E-state index in [2.05, 4.69) is 28.1 Å². The molecule has 0 saturated carbocycles. The lowest BCUT2D eigenvalue weighted by Crippen LogP contribution is -2.60. The Morgan fingerprint density at radius 1 is 1.00 bits per heavy atom. The third-order valence-corrected chi connectivity index (χ3v) is 7.82. The average Bonchev–Trinajstić information content (AvgIpc) is 2.95. The lowest BCUT2D eigenvalue weighted by Gasteiger charge is -2.34. The smallest absolute Gasteiger partial charge is 0.246 e. The zero-order valence-electron chi connectivity index (χ0n) is 23.7. The van der Waals surface area contributed by atoms with Gasteiger partial charge >= 0.3 is 0 Å². The van der Waals surface area contributed by atoms with Crippen LogP contribution in [0.1, 0.15) is 49.8 Å². The summed E-state index contributed by atoms with van der Waals surface area (Å²) in [6, 6.07) is 13.1. The number of aliphatic hydroxyl groups is 1. The fourth-order valence-corrected chi connectivity index (χ4v) is 5.58. The van der Waals surface area contributed by atoms with E-state index in [0.717, 1.165) is 36.1 Å². The summed E-state index contributed by atoms with van der Waals surface area (Å²) in [5, 5.41) is 19.7. The number of fused-ring (bicyclic) bond motifs is 1. The molecule has 9 heteroatoms. The Bertz CT molecular complexity index is 1170. The number of rotatable bonds is 4. The number of ether oxygens (including phenoxy) is 1. The van der Waals surface area contributed by atoms with Crippen LogP contribution in [0.25, 0.3) is 0 Å². The van der Waals surface area contributed by atoms with Gasteiger partial charge in [-0.25, -0.2) is 0 Å². The number of likely N-dealkylation sites (N-methyl/N-ethyl adjacent to an activating group) is 1. The normalized spacial score (nSPS) is 25.6. The van der Waals surface area contributed by atoms with Crippen LogP contribution < -0.4 is 20.7 Å². The van der Waals surface area contributed by atoms with E-state index >= 15 is 0 Å². The van der Waals surface area contributed by atoms with E-state index in [1.807, 2.05) is 43.3 Å². The maximum absolute atomic E-state index is 13.5. The number of carbonyl (C=O) groups is 3. The van der Waals surface area contributed by atoms with E-state index in [0.29, 0.717) is 25.9 Å². The Morgan fingerprint density at radius 3 is 2.42 bits per heavy atom. The highest BCUT2D eigenvalue weighted by molar-refractivity contribution is 5.93. The molecule has 4 rings (SSSR count). The van der Waals surface area contributed by atoms with E-state index in [-0.39, 0.29) is 24.3 Å². The van der Waals surface area contributed by atoms with Crippen molar-refractivity contribution < 1.29 is 24.2 Å². The van der Waals surface area contributed by atoms with Gasteiger partial charge < -0.3 is 30.7 Å². The highest BCUT2D eigenvalue weighted by Gasteiger charge is 2.36. The van der Waals surface area contributed by atoms with Crippen molar-refractivity contribution in [2.45, 2.75) is 82.7 Å². The predicted octanol–water partition coefficient (Wildman–Crippen LogP) is 1.75. The first-order valence-electron chi connectivity index (χ1n) is 14.4. The van der Waals surface area contributed by atoms with Crippen molar-refractivity contribution in [2.24, 2.45) is 0 Å². The summed E-state index contributed by atoms with van der Waals surface area (Å²) in [4.78, 5) is 41.6. The molecule has 2 unspecified atom stereocenters. The van der Waals surface area contributed by atoms with Crippen LogP contribution >= 0.6 is 0 Å². The first-order valence-corrected chi connectivity index (χ1v) is 14.4. The van der Waals surface area contributed by atoms with Gasteiger partial charge in [0.05, 0.1) is 12.1 Å². The number of benzene rings is 2. The molecule has 2 aromatic carbocycles. The van der Waals surface area contributed by atoms with Crippen molar-refractivity contribution in [2.75, 3.05) is 20.1 Å². The zero-order valence-corrected chi connectivity index (χ0v) is 23.7. The number of aryl methyl sites for hydroxylation is 2. The molecule has 0 fully saturated rings. The number of nitrogens with one attached hydrogen (secondary N) is 3. The minimum Gasteiger partial charge on any atom is -0.489 e. The number of hydrogen-bond donors (Lipinski definition) is 4. The number of para-hydroxylation sites is 1. The summed E-state index contributed by atoms with van der Waals surface area (Å²) in [6.07, 6.45) is 2.73. The number of aliphatic hydroxyl groups excluding tert-OH is 1. The highest BCUT2D eigenvalue weighted by atomic mass is 16.5. The molecule has 3 amide bonds. The van der Waals surface area contributed by atoms with Gasteiger partial charge in [0.1, 0.15) is 23.9 Å². The number of amides is 3. The SMILES string of the molecule is CC[C@@H]1NCC2CCc3cccc(c3O2)CCCNC(=O)[C@@H](Cc2ccccc2)NC(=O)[C@H](C(C)O)N(C)C1=O. The van der Waals surface area contributed by atoms with Crippen molar-refractivity contribution >= 4 is 17.7 Å². The van der Waals surface area contributed by atoms with Crippen molar-refractivity contribution in [3.05, 3.63) is 65.2 Å². The lowest BCUT2D eigenvalue weighted by atomic mass is 9.97. The molecule has 2 heterocycles. The predicted molar refractivity (Wildman–Crippen MR) is 153 cm³/mol. The Balaban J connectivity index is 1.62. The molecule has 216 valence electrons. The largest absolute Gasteiger partial charge is 0.489 e. The summed E-state index contributed by atoms with van der Waals surface area (Å²) in [5.41, 5.74) is 3.18. The molecule has 0 aliphatic carbocycles. The topological polar surface area (TPSA) is 120 Å². The van der Waals surface area contributed by atoms with Gasteiger partial charge in [0.15, 0.2) is 0 Å². The fourth-order valence-electron chi connectivity index (χ4n) is 5.58. The van der Waals surface area contributed by atoms with E-state index < -0.39 is 30.1 Å². The Labute approximate surface area is 236 Å². The molecule has 9 nitrogen and oxygen atoms in total. The molecule has 4 N–H and O–H groups in total. The molecular weight excluding hydrogens is 508 g/mol. The number of carbonyl (C=O) groups excluding carboxylic acids is 3. The van der Waals surface area contributed by atoms with Gasteiger partial charge in [0.25, 0.3) is 0 Å². The standard InChI is InChI=1S/C31H42N4O5/c1-4-25-31(39)35(3)27(20(2)36)30(38)34-26(18-21-10-6-5-7-11-21)29(37)32-17-9-14-22-12-8-13-23-15-16-24(19-33-25)40-28(22)23/h5-8,10-13,20,24-27,33,36H,4,9,14-19H2,1-3H3,(H,32,37)(H,34,38)/t20?,24?,25-,26+,27-/m0/s1. The van der Waals surface area contributed by atoms with Crippen LogP contribution in [-0.4, -0.2) is 78.2 Å². The van der Waals surface area contributed by atoms with Crippen molar-refractivity contribution in [3.8, 4) is 5.75 Å². The van der Waals surface area contributed by atoms with Crippen LogP contribution in [0.2, 0.25) is 0 Å². The van der Waals surface area contributed by atoms with Gasteiger partial charge in [-0.15, -0.1) is 0 Å². The van der Waals surface area contributed by atoms with Gasteiger partial charge in [0.2, 0.25) is 17.7 Å². The molecule has 2 aliphatic heterocycles. The van der Waals surface area contributed by atoms with Gasteiger partial charge in [-0.1, -0.05) is 55.5 Å². The summed E-state index contributed by atoms with van der Waals surface area (Å²) in [5.74, 6) is -0.274. The number of hydrogen-bond acceptors (Lipinski definition) is 6. The van der Waals surface area contributed by atoms with Crippen LogP contribution in [-0.2, 0) is 33.6 Å². The Hall–Kier alpha value is -3.43. The molecule has 0 saturated heterocycles. The third kappa shape index (κ3) is 7.20. The second kappa shape index (κ2) is 13.8. The molecule has 2 aromatic rings. The first-order chi connectivity index (χ1) is 19.3. The minimum atomic E-state index is -1.16. The van der Waals surface area contributed by atoms with E-state index in [4.69, 9.17) is 4.74 Å². The highest BCUT2D eigenvalue weighted by Crippen LogP contribution is 2.32. The van der Waals surface area contributed by atoms with Crippen molar-refractivity contribution in [1.29, 1.82) is 0 Å². The van der Waals surface area contributed by atoms with Crippen molar-refractivity contribution in [1.82, 2.24) is 20.9 Å².